The van der Waals surface area contributed by atoms with Gasteiger partial charge in [-0.1, -0.05) is 12.1 Å². The van der Waals surface area contributed by atoms with Gasteiger partial charge < -0.3 is 15.5 Å². The van der Waals surface area contributed by atoms with Crippen molar-refractivity contribution in [3.05, 3.63) is 69.5 Å². The van der Waals surface area contributed by atoms with Gasteiger partial charge in [-0.15, -0.1) is 0 Å². The lowest BCUT2D eigenvalue weighted by atomic mass is 10.0. The van der Waals surface area contributed by atoms with E-state index in [4.69, 9.17) is 5.73 Å². The van der Waals surface area contributed by atoms with Gasteiger partial charge in [-0.2, -0.15) is 0 Å². The summed E-state index contributed by atoms with van der Waals surface area (Å²) in [7, 11) is 1.35. The quantitative estimate of drug-likeness (QED) is 0.592. The number of anilines is 1. The summed E-state index contributed by atoms with van der Waals surface area (Å²) in [6.07, 6.45) is 1.91. The topological polar surface area (TPSA) is 110 Å². The maximum Gasteiger partial charge on any atom is 0.293 e. The number of hydrogen-bond acceptors (Lipinski definition) is 5. The fourth-order valence-electron chi connectivity index (χ4n) is 3.60. The normalized spacial score (nSPS) is 14.5. The third-order valence-electron chi connectivity index (χ3n) is 5.01. The number of likely N-dealkylation sites (N-methyl/N-ethyl adjacent to an activating group) is 1. The Labute approximate surface area is 166 Å². The van der Waals surface area contributed by atoms with Gasteiger partial charge >= 0.3 is 0 Å². The Morgan fingerprint density at radius 3 is 2.48 bits per heavy atom. The van der Waals surface area contributed by atoms with Crippen LogP contribution in [0.3, 0.4) is 0 Å². The zero-order valence-corrected chi connectivity index (χ0v) is 15.9. The van der Waals surface area contributed by atoms with Crippen molar-refractivity contribution in [2.45, 2.75) is 18.9 Å². The highest BCUT2D eigenvalue weighted by atomic mass is 19.1. The van der Waals surface area contributed by atoms with Crippen LogP contribution in [0.5, 0.6) is 0 Å². The van der Waals surface area contributed by atoms with Crippen molar-refractivity contribution in [1.82, 2.24) is 4.90 Å². The molecule has 1 saturated heterocycles. The average molecular weight is 400 g/mol. The largest absolute Gasteiger partial charge is 0.368 e. The molecule has 1 atom stereocenters. The Hall–Kier alpha value is -3.49. The summed E-state index contributed by atoms with van der Waals surface area (Å²) in [6.45, 7) is 1.44. The van der Waals surface area contributed by atoms with Crippen LogP contribution >= 0.6 is 0 Å². The van der Waals surface area contributed by atoms with Crippen LogP contribution < -0.4 is 10.6 Å². The number of primary amides is 1. The van der Waals surface area contributed by atoms with E-state index in [2.05, 4.69) is 0 Å². The summed E-state index contributed by atoms with van der Waals surface area (Å²) >= 11 is 0. The molecule has 2 aromatic rings. The van der Waals surface area contributed by atoms with E-state index in [0.717, 1.165) is 36.9 Å². The first-order chi connectivity index (χ1) is 13.8. The molecule has 0 spiro atoms. The second-order valence-electron chi connectivity index (χ2n) is 6.93. The van der Waals surface area contributed by atoms with Gasteiger partial charge in [-0.05, 0) is 42.7 Å². The number of nitrogens with zero attached hydrogens (tertiary/aromatic N) is 3. The first-order valence-electron chi connectivity index (χ1n) is 9.15. The van der Waals surface area contributed by atoms with Gasteiger partial charge in [0.1, 0.15) is 17.5 Å². The molecule has 2 N–H and O–H groups in total. The Balaban J connectivity index is 1.94. The van der Waals surface area contributed by atoms with Gasteiger partial charge in [0.25, 0.3) is 11.6 Å². The molecule has 1 fully saturated rings. The molecule has 29 heavy (non-hydrogen) atoms. The standard InChI is InChI=1S/C20H21FN4O4/c1-23(18(19(22)26)13-5-4-6-15(21)11-13)20(27)14-7-8-16(17(12-14)25(28)29)24-9-2-3-10-24/h4-8,11-12,18H,2-3,9-10H2,1H3,(H2,22,26). The zero-order valence-electron chi connectivity index (χ0n) is 15.9. The smallest absolute Gasteiger partial charge is 0.293 e. The van der Waals surface area contributed by atoms with Crippen LogP contribution in [0.2, 0.25) is 0 Å². The highest BCUT2D eigenvalue weighted by Gasteiger charge is 2.30. The van der Waals surface area contributed by atoms with E-state index < -0.39 is 28.6 Å². The molecule has 0 radical (unpaired) electrons. The number of hydrogen-bond donors (Lipinski definition) is 1. The highest BCUT2D eigenvalue weighted by molar-refractivity contribution is 5.98. The maximum atomic E-state index is 13.6. The van der Waals surface area contributed by atoms with Crippen LogP contribution in [0.1, 0.15) is 34.8 Å². The predicted molar refractivity (Wildman–Crippen MR) is 105 cm³/mol. The molecule has 3 rings (SSSR count). The monoisotopic (exact) mass is 400 g/mol. The van der Waals surface area contributed by atoms with E-state index >= 15 is 0 Å². The van der Waals surface area contributed by atoms with Crippen molar-refractivity contribution in [3.63, 3.8) is 0 Å². The van der Waals surface area contributed by atoms with Crippen LogP contribution in [-0.2, 0) is 4.79 Å². The number of amides is 2. The molecule has 0 aromatic heterocycles. The molecule has 1 heterocycles. The number of nitro groups is 1. The van der Waals surface area contributed by atoms with Crippen LogP contribution in [0.25, 0.3) is 0 Å². The lowest BCUT2D eigenvalue weighted by Crippen LogP contribution is -2.39. The van der Waals surface area contributed by atoms with E-state index in [-0.39, 0.29) is 16.8 Å². The number of nitro benzene ring substituents is 1. The summed E-state index contributed by atoms with van der Waals surface area (Å²) in [5.74, 6) is -2.04. The summed E-state index contributed by atoms with van der Waals surface area (Å²) < 4.78 is 13.6. The van der Waals surface area contributed by atoms with E-state index in [1.807, 2.05) is 4.90 Å². The summed E-state index contributed by atoms with van der Waals surface area (Å²) in [5, 5.41) is 11.6. The maximum absolute atomic E-state index is 13.6. The first-order valence-corrected chi connectivity index (χ1v) is 9.15. The molecule has 0 bridgehead atoms. The number of halogens is 1. The van der Waals surface area contributed by atoms with Gasteiger partial charge in [-0.3, -0.25) is 19.7 Å². The van der Waals surface area contributed by atoms with Gasteiger partial charge in [0.2, 0.25) is 5.91 Å². The number of benzene rings is 2. The van der Waals surface area contributed by atoms with E-state index in [1.165, 1.54) is 37.4 Å². The number of carbonyl (C=O) groups is 2. The molecule has 1 aliphatic heterocycles. The number of carbonyl (C=O) groups excluding carboxylic acids is 2. The van der Waals surface area contributed by atoms with Crippen LogP contribution in [-0.4, -0.2) is 41.8 Å². The molecule has 9 heteroatoms. The Bertz CT molecular complexity index is 959. The second-order valence-corrected chi connectivity index (χ2v) is 6.93. The Morgan fingerprint density at radius 1 is 1.21 bits per heavy atom. The van der Waals surface area contributed by atoms with Crippen LogP contribution in [0.15, 0.2) is 42.5 Å². The van der Waals surface area contributed by atoms with E-state index in [1.54, 1.807) is 6.07 Å². The third-order valence-corrected chi connectivity index (χ3v) is 5.01. The summed E-state index contributed by atoms with van der Waals surface area (Å²) in [5.41, 5.74) is 6.00. The molecule has 2 aromatic carbocycles. The van der Waals surface area contributed by atoms with Crippen molar-refractivity contribution in [2.24, 2.45) is 5.73 Å². The van der Waals surface area contributed by atoms with E-state index in [0.29, 0.717) is 5.69 Å². The summed E-state index contributed by atoms with van der Waals surface area (Å²) in [4.78, 5) is 38.9. The molecular formula is C20H21FN4O4. The molecule has 0 aliphatic carbocycles. The molecule has 2 amide bonds. The lowest BCUT2D eigenvalue weighted by Gasteiger charge is -2.26. The van der Waals surface area contributed by atoms with Crippen molar-refractivity contribution in [1.29, 1.82) is 0 Å². The van der Waals surface area contributed by atoms with Crippen LogP contribution in [0, 0.1) is 15.9 Å². The molecular weight excluding hydrogens is 379 g/mol. The molecule has 152 valence electrons. The fourth-order valence-corrected chi connectivity index (χ4v) is 3.60. The van der Waals surface area contributed by atoms with Gasteiger partial charge in [0.05, 0.1) is 4.92 Å². The average Bonchev–Trinajstić information content (AvgIpc) is 3.21. The number of nitrogens with two attached hydrogens (primary N) is 1. The minimum atomic E-state index is -1.21. The van der Waals surface area contributed by atoms with Crippen molar-refractivity contribution in [2.75, 3.05) is 25.0 Å². The van der Waals surface area contributed by atoms with Gasteiger partial charge in [0, 0.05) is 31.8 Å². The Kier molecular flexibility index (Phi) is 5.76. The second kappa shape index (κ2) is 8.26. The Morgan fingerprint density at radius 2 is 1.90 bits per heavy atom. The van der Waals surface area contributed by atoms with Crippen molar-refractivity contribution < 1.29 is 18.9 Å². The molecule has 8 nitrogen and oxygen atoms in total. The minimum Gasteiger partial charge on any atom is -0.368 e. The SMILES string of the molecule is CN(C(=O)c1ccc(N2CCCC2)c([N+](=O)[O-])c1)C(C(N)=O)c1cccc(F)c1. The number of rotatable bonds is 6. The van der Waals surface area contributed by atoms with Crippen molar-refractivity contribution >= 4 is 23.2 Å². The first kappa shape index (κ1) is 20.2. The van der Waals surface area contributed by atoms with E-state index in [9.17, 15) is 24.1 Å². The minimum absolute atomic E-state index is 0.0461. The predicted octanol–water partition coefficient (Wildman–Crippen LogP) is 2.63. The molecule has 1 aliphatic rings. The van der Waals surface area contributed by atoms with Crippen molar-refractivity contribution in [3.8, 4) is 0 Å². The fraction of sp³-hybridized carbons (Fsp3) is 0.300. The molecule has 1 unspecified atom stereocenters. The summed E-state index contributed by atoms with van der Waals surface area (Å²) in [6, 6.07) is 8.26. The lowest BCUT2D eigenvalue weighted by molar-refractivity contribution is -0.384. The van der Waals surface area contributed by atoms with Crippen LogP contribution in [0.4, 0.5) is 15.8 Å². The van der Waals surface area contributed by atoms with Gasteiger partial charge in [0.15, 0.2) is 0 Å². The third kappa shape index (κ3) is 4.18. The highest BCUT2D eigenvalue weighted by Crippen LogP contribution is 2.32. The van der Waals surface area contributed by atoms with Gasteiger partial charge in [-0.25, -0.2) is 4.39 Å². The zero-order chi connectivity index (χ0) is 21.1. The molecule has 0 saturated carbocycles.